The average molecular weight is 371 g/mol. The molecule has 2 nitrogen and oxygen atoms in total. The third-order valence-corrected chi connectivity index (χ3v) is 7.05. The highest BCUT2D eigenvalue weighted by atomic mass is 79.9. The van der Waals surface area contributed by atoms with Crippen LogP contribution >= 0.6 is 27.3 Å². The standard InChI is InChI=1S/C17H27BrN2S/c18-15-12-16(21-14-15)13-19-8-11-20-9-6-17(7-10-20)4-2-1-3-5-17/h12,14,19H,1-11,13H2. The molecule has 1 aromatic rings. The van der Waals surface area contributed by atoms with E-state index in [1.54, 1.807) is 0 Å². The van der Waals surface area contributed by atoms with E-state index >= 15 is 0 Å². The van der Waals surface area contributed by atoms with Gasteiger partial charge in [0.15, 0.2) is 0 Å². The molecule has 0 aromatic carbocycles. The lowest BCUT2D eigenvalue weighted by molar-refractivity contribution is 0.0683. The van der Waals surface area contributed by atoms with Crippen LogP contribution in [-0.2, 0) is 6.54 Å². The van der Waals surface area contributed by atoms with E-state index in [0.29, 0.717) is 0 Å². The van der Waals surface area contributed by atoms with Gasteiger partial charge in [-0.3, -0.25) is 0 Å². The fraction of sp³-hybridized carbons (Fsp3) is 0.765. The maximum Gasteiger partial charge on any atom is 0.0300 e. The number of piperidine rings is 1. The first-order chi connectivity index (χ1) is 10.3. The fourth-order valence-corrected chi connectivity index (χ4v) is 5.37. The van der Waals surface area contributed by atoms with Crippen molar-refractivity contribution >= 4 is 27.3 Å². The molecule has 1 N–H and O–H groups in total. The van der Waals surface area contributed by atoms with E-state index in [-0.39, 0.29) is 0 Å². The highest BCUT2D eigenvalue weighted by Crippen LogP contribution is 2.44. The normalized spacial score (nSPS) is 22.7. The van der Waals surface area contributed by atoms with Crippen LogP contribution < -0.4 is 5.32 Å². The molecule has 0 atom stereocenters. The number of thiophene rings is 1. The maximum absolute atomic E-state index is 3.58. The zero-order valence-electron chi connectivity index (χ0n) is 12.9. The largest absolute Gasteiger partial charge is 0.311 e. The lowest BCUT2D eigenvalue weighted by atomic mass is 9.68. The van der Waals surface area contributed by atoms with Crippen LogP contribution in [0.5, 0.6) is 0 Å². The van der Waals surface area contributed by atoms with Crippen LogP contribution in [0.4, 0.5) is 0 Å². The summed E-state index contributed by atoms with van der Waals surface area (Å²) in [4.78, 5) is 4.08. The van der Waals surface area contributed by atoms with Gasteiger partial charge in [0.25, 0.3) is 0 Å². The SMILES string of the molecule is Brc1csc(CNCCN2CCC3(CCCCC3)CC2)c1. The molecule has 0 amide bonds. The Morgan fingerprint density at radius 3 is 2.57 bits per heavy atom. The summed E-state index contributed by atoms with van der Waals surface area (Å²) >= 11 is 5.34. The van der Waals surface area contributed by atoms with E-state index in [1.165, 1.54) is 73.9 Å². The van der Waals surface area contributed by atoms with Crippen molar-refractivity contribution in [3.8, 4) is 0 Å². The van der Waals surface area contributed by atoms with E-state index in [2.05, 4.69) is 37.6 Å². The third kappa shape index (κ3) is 4.54. The summed E-state index contributed by atoms with van der Waals surface area (Å²) in [6.45, 7) is 5.98. The lowest BCUT2D eigenvalue weighted by Gasteiger charge is -2.44. The molecule has 21 heavy (non-hydrogen) atoms. The minimum absolute atomic E-state index is 0.741. The van der Waals surface area contributed by atoms with Crippen LogP contribution in [0.1, 0.15) is 49.8 Å². The Kier molecular flexibility index (Phi) is 5.77. The van der Waals surface area contributed by atoms with Crippen molar-refractivity contribution in [3.63, 3.8) is 0 Å². The molecule has 2 aliphatic rings. The molecule has 1 saturated carbocycles. The van der Waals surface area contributed by atoms with Gasteiger partial charge in [0.1, 0.15) is 0 Å². The summed E-state index contributed by atoms with van der Waals surface area (Å²) in [6, 6.07) is 2.21. The summed E-state index contributed by atoms with van der Waals surface area (Å²) in [5.74, 6) is 0. The highest BCUT2D eigenvalue weighted by molar-refractivity contribution is 9.10. The van der Waals surface area contributed by atoms with E-state index < -0.39 is 0 Å². The lowest BCUT2D eigenvalue weighted by Crippen LogP contribution is -2.43. The Morgan fingerprint density at radius 1 is 1.14 bits per heavy atom. The Morgan fingerprint density at radius 2 is 1.90 bits per heavy atom. The molecule has 118 valence electrons. The number of nitrogens with one attached hydrogen (secondary N) is 1. The van der Waals surface area contributed by atoms with Gasteiger partial charge in [-0.25, -0.2) is 0 Å². The summed E-state index contributed by atoms with van der Waals surface area (Å²) in [5, 5.41) is 5.74. The Labute approximate surface area is 141 Å². The van der Waals surface area contributed by atoms with Crippen molar-refractivity contribution < 1.29 is 0 Å². The number of halogens is 1. The van der Waals surface area contributed by atoms with Crippen molar-refractivity contribution in [2.75, 3.05) is 26.2 Å². The number of nitrogens with zero attached hydrogens (tertiary/aromatic N) is 1. The quantitative estimate of drug-likeness (QED) is 0.758. The van der Waals surface area contributed by atoms with Crippen LogP contribution in [0.2, 0.25) is 0 Å². The second kappa shape index (κ2) is 7.58. The van der Waals surface area contributed by atoms with Gasteiger partial charge in [-0.05, 0) is 66.2 Å². The van der Waals surface area contributed by atoms with Crippen LogP contribution in [0.25, 0.3) is 0 Å². The summed E-state index contributed by atoms with van der Waals surface area (Å²) < 4.78 is 1.21. The predicted octanol–water partition coefficient (Wildman–Crippen LogP) is 4.65. The molecular weight excluding hydrogens is 344 g/mol. The third-order valence-electron chi connectivity index (χ3n) is 5.36. The van der Waals surface area contributed by atoms with Crippen LogP contribution in [0, 0.1) is 5.41 Å². The summed E-state index contributed by atoms with van der Waals surface area (Å²) in [6.07, 6.45) is 10.4. The van der Waals surface area contributed by atoms with E-state index in [0.717, 1.165) is 18.5 Å². The zero-order valence-corrected chi connectivity index (χ0v) is 15.3. The number of hydrogen-bond acceptors (Lipinski definition) is 3. The smallest absolute Gasteiger partial charge is 0.0300 e. The summed E-state index contributed by atoms with van der Waals surface area (Å²) in [7, 11) is 0. The van der Waals surface area contributed by atoms with Crippen molar-refractivity contribution in [2.45, 2.75) is 51.5 Å². The molecule has 4 heteroatoms. The molecular formula is C17H27BrN2S. The molecule has 0 unspecified atom stereocenters. The molecule has 0 bridgehead atoms. The van der Waals surface area contributed by atoms with E-state index in [9.17, 15) is 0 Å². The van der Waals surface area contributed by atoms with Gasteiger partial charge >= 0.3 is 0 Å². The minimum atomic E-state index is 0.741. The first-order valence-electron chi connectivity index (χ1n) is 8.42. The van der Waals surface area contributed by atoms with Gasteiger partial charge in [0, 0.05) is 34.4 Å². The fourth-order valence-electron chi connectivity index (χ4n) is 3.95. The topological polar surface area (TPSA) is 15.3 Å². The van der Waals surface area contributed by atoms with Crippen molar-refractivity contribution in [1.29, 1.82) is 0 Å². The molecule has 2 heterocycles. The molecule has 1 aliphatic carbocycles. The van der Waals surface area contributed by atoms with Gasteiger partial charge < -0.3 is 10.2 Å². The molecule has 1 aromatic heterocycles. The molecule has 1 aliphatic heterocycles. The van der Waals surface area contributed by atoms with Gasteiger partial charge in [-0.1, -0.05) is 19.3 Å². The minimum Gasteiger partial charge on any atom is -0.311 e. The number of likely N-dealkylation sites (tertiary alicyclic amines) is 1. The van der Waals surface area contributed by atoms with Gasteiger partial charge in [-0.2, -0.15) is 0 Å². The molecule has 1 spiro atoms. The van der Waals surface area contributed by atoms with E-state index in [1.807, 2.05) is 11.3 Å². The van der Waals surface area contributed by atoms with Crippen LogP contribution in [0.3, 0.4) is 0 Å². The molecule has 1 saturated heterocycles. The summed E-state index contributed by atoms with van der Waals surface area (Å²) in [5.41, 5.74) is 0.741. The molecule has 0 radical (unpaired) electrons. The first kappa shape index (κ1) is 16.0. The highest BCUT2D eigenvalue weighted by Gasteiger charge is 2.35. The van der Waals surface area contributed by atoms with Gasteiger partial charge in [0.05, 0.1) is 0 Å². The van der Waals surface area contributed by atoms with Crippen molar-refractivity contribution in [3.05, 3.63) is 20.8 Å². The number of hydrogen-bond donors (Lipinski definition) is 1. The Bertz CT molecular complexity index is 430. The average Bonchev–Trinajstić information content (AvgIpc) is 2.92. The molecule has 3 rings (SSSR count). The Hall–Kier alpha value is 0.1000. The monoisotopic (exact) mass is 370 g/mol. The van der Waals surface area contributed by atoms with E-state index in [4.69, 9.17) is 0 Å². The van der Waals surface area contributed by atoms with Crippen molar-refractivity contribution in [2.24, 2.45) is 5.41 Å². The van der Waals surface area contributed by atoms with Crippen LogP contribution in [-0.4, -0.2) is 31.1 Å². The molecule has 2 fully saturated rings. The zero-order chi connectivity index (χ0) is 14.5. The van der Waals surface area contributed by atoms with Crippen molar-refractivity contribution in [1.82, 2.24) is 10.2 Å². The second-order valence-electron chi connectivity index (χ2n) is 6.81. The Balaban J connectivity index is 1.32. The maximum atomic E-state index is 3.58. The van der Waals surface area contributed by atoms with Gasteiger partial charge in [-0.15, -0.1) is 11.3 Å². The second-order valence-corrected chi connectivity index (χ2v) is 8.72. The van der Waals surface area contributed by atoms with Gasteiger partial charge in [0.2, 0.25) is 0 Å². The van der Waals surface area contributed by atoms with Crippen LogP contribution in [0.15, 0.2) is 15.9 Å². The first-order valence-corrected chi connectivity index (χ1v) is 10.1. The number of rotatable bonds is 5. The predicted molar refractivity (Wildman–Crippen MR) is 94.9 cm³/mol.